The van der Waals surface area contributed by atoms with Crippen molar-refractivity contribution in [2.75, 3.05) is 26.1 Å². The zero-order valence-electron chi connectivity index (χ0n) is 12.4. The summed E-state index contributed by atoms with van der Waals surface area (Å²) in [5.74, 6) is 0.712. The third kappa shape index (κ3) is 4.42. The van der Waals surface area contributed by atoms with Crippen LogP contribution in [0.15, 0.2) is 36.7 Å². The van der Waals surface area contributed by atoms with Crippen LogP contribution in [0.1, 0.15) is 16.1 Å². The maximum atomic E-state index is 11.5. The molecule has 0 fully saturated rings. The summed E-state index contributed by atoms with van der Waals surface area (Å²) in [7, 11) is 2.89. The third-order valence-corrected chi connectivity index (χ3v) is 2.91. The van der Waals surface area contributed by atoms with Gasteiger partial charge in [0.15, 0.2) is 5.69 Å². The fourth-order valence-corrected chi connectivity index (χ4v) is 1.81. The molecule has 0 radical (unpaired) electrons. The van der Waals surface area contributed by atoms with E-state index in [9.17, 15) is 4.79 Å². The van der Waals surface area contributed by atoms with Crippen molar-refractivity contribution in [2.24, 2.45) is 0 Å². The molecule has 0 bridgehead atoms. The van der Waals surface area contributed by atoms with Gasteiger partial charge in [0, 0.05) is 12.6 Å². The molecule has 0 spiro atoms. The summed E-state index contributed by atoms with van der Waals surface area (Å²) in [6.45, 7) is 0.669. The van der Waals surface area contributed by atoms with Crippen molar-refractivity contribution in [1.82, 2.24) is 9.97 Å². The predicted molar refractivity (Wildman–Crippen MR) is 79.6 cm³/mol. The molecule has 116 valence electrons. The lowest BCUT2D eigenvalue weighted by Crippen LogP contribution is -2.10. The first-order chi connectivity index (χ1) is 10.7. The van der Waals surface area contributed by atoms with Gasteiger partial charge in [0.25, 0.3) is 0 Å². The number of anilines is 1. The minimum Gasteiger partial charge on any atom is -0.497 e. The van der Waals surface area contributed by atoms with E-state index in [1.165, 1.54) is 25.1 Å². The molecule has 7 heteroatoms. The number of carbonyl (C=O) groups is 1. The SMILES string of the molecule is COOC(=O)c1cc(NCCc2ccc(OC)cc2)ncn1. The van der Waals surface area contributed by atoms with Gasteiger partial charge in [-0.3, -0.25) is 4.89 Å². The summed E-state index contributed by atoms with van der Waals surface area (Å²) in [6, 6.07) is 9.34. The van der Waals surface area contributed by atoms with Crippen LogP contribution in [-0.2, 0) is 16.2 Å². The van der Waals surface area contributed by atoms with E-state index in [4.69, 9.17) is 4.74 Å². The van der Waals surface area contributed by atoms with Crippen LogP contribution in [0.5, 0.6) is 5.75 Å². The molecule has 0 aliphatic heterocycles. The lowest BCUT2D eigenvalue weighted by molar-refractivity contribution is -0.216. The fourth-order valence-electron chi connectivity index (χ4n) is 1.81. The van der Waals surface area contributed by atoms with E-state index in [2.05, 4.69) is 25.1 Å². The molecule has 7 nitrogen and oxygen atoms in total. The van der Waals surface area contributed by atoms with Crippen LogP contribution in [-0.4, -0.2) is 36.7 Å². The van der Waals surface area contributed by atoms with Gasteiger partial charge in [-0.15, -0.1) is 0 Å². The normalized spacial score (nSPS) is 10.1. The second kappa shape index (κ2) is 7.94. The molecule has 0 aliphatic rings. The molecule has 1 aromatic carbocycles. The Morgan fingerprint density at radius 3 is 2.64 bits per heavy atom. The Morgan fingerprint density at radius 2 is 1.95 bits per heavy atom. The topological polar surface area (TPSA) is 82.6 Å². The van der Waals surface area contributed by atoms with Crippen LogP contribution in [0.2, 0.25) is 0 Å². The van der Waals surface area contributed by atoms with Crippen LogP contribution < -0.4 is 10.1 Å². The van der Waals surface area contributed by atoms with Crippen LogP contribution in [0, 0.1) is 0 Å². The lowest BCUT2D eigenvalue weighted by atomic mass is 10.1. The zero-order valence-corrected chi connectivity index (χ0v) is 12.4. The lowest BCUT2D eigenvalue weighted by Gasteiger charge is -2.07. The summed E-state index contributed by atoms with van der Waals surface area (Å²) in [5, 5.41) is 3.13. The molecule has 0 atom stereocenters. The van der Waals surface area contributed by atoms with E-state index in [1.807, 2.05) is 24.3 Å². The number of methoxy groups -OCH3 is 1. The average molecular weight is 303 g/mol. The highest BCUT2D eigenvalue weighted by molar-refractivity contribution is 5.87. The minimum absolute atomic E-state index is 0.129. The Morgan fingerprint density at radius 1 is 1.18 bits per heavy atom. The van der Waals surface area contributed by atoms with Crippen molar-refractivity contribution in [2.45, 2.75) is 6.42 Å². The molecular weight excluding hydrogens is 286 g/mol. The predicted octanol–water partition coefficient (Wildman–Crippen LogP) is 1.86. The van der Waals surface area contributed by atoms with Crippen LogP contribution in [0.4, 0.5) is 5.82 Å². The van der Waals surface area contributed by atoms with E-state index in [0.29, 0.717) is 12.4 Å². The van der Waals surface area contributed by atoms with Crippen molar-refractivity contribution in [3.8, 4) is 5.75 Å². The van der Waals surface area contributed by atoms with Crippen molar-refractivity contribution >= 4 is 11.8 Å². The number of nitrogens with one attached hydrogen (secondary N) is 1. The number of ether oxygens (including phenoxy) is 1. The van der Waals surface area contributed by atoms with Gasteiger partial charge in [-0.2, -0.15) is 4.89 Å². The molecule has 0 aliphatic carbocycles. The number of hydrogen-bond acceptors (Lipinski definition) is 7. The number of aromatic nitrogens is 2. The van der Waals surface area contributed by atoms with Gasteiger partial charge in [-0.25, -0.2) is 14.8 Å². The first-order valence-electron chi connectivity index (χ1n) is 6.66. The van der Waals surface area contributed by atoms with Crippen LogP contribution in [0.25, 0.3) is 0 Å². The van der Waals surface area contributed by atoms with Gasteiger partial charge in [0.05, 0.1) is 14.2 Å². The number of carbonyl (C=O) groups excluding carboxylic acids is 1. The largest absolute Gasteiger partial charge is 0.497 e. The van der Waals surface area contributed by atoms with Gasteiger partial charge in [-0.05, 0) is 24.1 Å². The number of benzene rings is 1. The highest BCUT2D eigenvalue weighted by atomic mass is 17.2. The maximum Gasteiger partial charge on any atom is 0.391 e. The molecule has 2 rings (SSSR count). The molecule has 0 amide bonds. The van der Waals surface area contributed by atoms with Gasteiger partial charge >= 0.3 is 5.97 Å². The highest BCUT2D eigenvalue weighted by Crippen LogP contribution is 2.12. The summed E-state index contributed by atoms with van der Waals surface area (Å²) in [6.07, 6.45) is 2.10. The van der Waals surface area contributed by atoms with Gasteiger partial charge < -0.3 is 10.1 Å². The molecule has 2 aromatic rings. The van der Waals surface area contributed by atoms with Crippen LogP contribution in [0.3, 0.4) is 0 Å². The number of nitrogens with zero attached hydrogens (tertiary/aromatic N) is 2. The Kier molecular flexibility index (Phi) is 5.67. The van der Waals surface area contributed by atoms with Gasteiger partial charge in [0.2, 0.25) is 0 Å². The first kappa shape index (κ1) is 15.7. The van der Waals surface area contributed by atoms with E-state index in [0.717, 1.165) is 12.2 Å². The number of rotatable bonds is 7. The molecule has 1 heterocycles. The van der Waals surface area contributed by atoms with Gasteiger partial charge in [-0.1, -0.05) is 12.1 Å². The van der Waals surface area contributed by atoms with E-state index in [1.54, 1.807) is 7.11 Å². The molecule has 0 saturated heterocycles. The number of hydrogen-bond donors (Lipinski definition) is 1. The Balaban J connectivity index is 1.88. The summed E-state index contributed by atoms with van der Waals surface area (Å²) >= 11 is 0. The van der Waals surface area contributed by atoms with E-state index < -0.39 is 5.97 Å². The quantitative estimate of drug-likeness (QED) is 0.617. The third-order valence-electron chi connectivity index (χ3n) is 2.91. The summed E-state index contributed by atoms with van der Waals surface area (Å²) < 4.78 is 5.11. The minimum atomic E-state index is -0.664. The standard InChI is InChI=1S/C15H17N3O4/c1-20-12-5-3-11(4-6-12)7-8-16-14-9-13(17-10-18-14)15(19)22-21-2/h3-6,9-10H,7-8H2,1-2H3,(H,16,17,18). The Bertz CT molecular complexity index is 616. The maximum absolute atomic E-state index is 11.5. The van der Waals surface area contributed by atoms with E-state index >= 15 is 0 Å². The molecule has 1 N–H and O–H groups in total. The second-order valence-corrected chi connectivity index (χ2v) is 4.35. The highest BCUT2D eigenvalue weighted by Gasteiger charge is 2.10. The first-order valence-corrected chi connectivity index (χ1v) is 6.66. The van der Waals surface area contributed by atoms with E-state index in [-0.39, 0.29) is 5.69 Å². The molecule has 1 aromatic heterocycles. The second-order valence-electron chi connectivity index (χ2n) is 4.35. The fraction of sp³-hybridized carbons (Fsp3) is 0.267. The van der Waals surface area contributed by atoms with Crippen molar-refractivity contribution < 1.29 is 19.3 Å². The van der Waals surface area contributed by atoms with Crippen LogP contribution >= 0.6 is 0 Å². The Labute approximate surface area is 128 Å². The van der Waals surface area contributed by atoms with Crippen molar-refractivity contribution in [1.29, 1.82) is 0 Å². The summed E-state index contributed by atoms with van der Waals surface area (Å²) in [4.78, 5) is 28.1. The van der Waals surface area contributed by atoms with Crippen molar-refractivity contribution in [3.63, 3.8) is 0 Å². The smallest absolute Gasteiger partial charge is 0.391 e. The monoisotopic (exact) mass is 303 g/mol. The zero-order chi connectivity index (χ0) is 15.8. The molecular formula is C15H17N3O4. The van der Waals surface area contributed by atoms with Gasteiger partial charge in [0.1, 0.15) is 17.9 Å². The van der Waals surface area contributed by atoms with Crippen molar-refractivity contribution in [3.05, 3.63) is 47.9 Å². The molecule has 22 heavy (non-hydrogen) atoms. The Hall–Kier alpha value is -2.67. The average Bonchev–Trinajstić information content (AvgIpc) is 2.56. The molecule has 0 saturated carbocycles. The summed E-state index contributed by atoms with van der Waals surface area (Å²) in [5.41, 5.74) is 1.30. The molecule has 0 unspecified atom stereocenters.